The van der Waals surface area contributed by atoms with Crippen molar-refractivity contribution in [3.05, 3.63) is 36.0 Å². The van der Waals surface area contributed by atoms with Gasteiger partial charge in [-0.3, -0.25) is 4.79 Å². The number of nitrogens with one attached hydrogen (secondary N) is 1. The number of hydrogen-bond donors (Lipinski definition) is 2. The second-order valence-electron chi connectivity index (χ2n) is 7.43. The zero-order valence-electron chi connectivity index (χ0n) is 14.8. The summed E-state index contributed by atoms with van der Waals surface area (Å²) in [5.74, 6) is 1.53. The van der Waals surface area contributed by atoms with Crippen LogP contribution in [0.2, 0.25) is 0 Å². The molecule has 0 radical (unpaired) electrons. The molecule has 2 atom stereocenters. The summed E-state index contributed by atoms with van der Waals surface area (Å²) in [7, 11) is 0. The molecule has 0 spiro atoms. The van der Waals surface area contributed by atoms with E-state index in [0.29, 0.717) is 12.3 Å². The highest BCUT2D eigenvalue weighted by Gasteiger charge is 2.26. The van der Waals surface area contributed by atoms with Crippen LogP contribution in [0, 0.1) is 11.8 Å². The maximum atomic E-state index is 12.8. The number of aromatic nitrogens is 1. The Bertz CT molecular complexity index is 691. The molecule has 1 fully saturated rings. The quantitative estimate of drug-likeness (QED) is 0.905. The lowest BCUT2D eigenvalue weighted by molar-refractivity contribution is -0.132. The van der Waals surface area contributed by atoms with Crippen molar-refractivity contribution in [1.82, 2.24) is 9.88 Å². The summed E-state index contributed by atoms with van der Waals surface area (Å²) in [6.45, 7) is 6.27. The minimum Gasteiger partial charge on any atom is -0.361 e. The van der Waals surface area contributed by atoms with Gasteiger partial charge >= 0.3 is 0 Å². The van der Waals surface area contributed by atoms with Gasteiger partial charge in [-0.25, -0.2) is 0 Å². The second kappa shape index (κ2) is 7.39. The van der Waals surface area contributed by atoms with Crippen LogP contribution in [0.25, 0.3) is 10.9 Å². The standard InChI is InChI=1S/C20H29N3O/c1-14(2)15-6-5-10-23(11-9-15)20(24)18(21)12-16-13-22-19-8-4-3-7-17(16)19/h3-4,7-8,13-15,18,22H,5-6,9-12,21H2,1-2H3/t15?,18-/m0/s1. The highest BCUT2D eigenvalue weighted by atomic mass is 16.2. The highest BCUT2D eigenvalue weighted by molar-refractivity contribution is 5.86. The molecule has 1 aliphatic heterocycles. The molecule has 0 bridgehead atoms. The maximum Gasteiger partial charge on any atom is 0.239 e. The van der Waals surface area contributed by atoms with Crippen molar-refractivity contribution in [2.45, 2.75) is 45.6 Å². The van der Waals surface area contributed by atoms with Crippen LogP contribution < -0.4 is 5.73 Å². The molecule has 130 valence electrons. The molecule has 2 heterocycles. The van der Waals surface area contributed by atoms with E-state index in [1.807, 2.05) is 29.3 Å². The van der Waals surface area contributed by atoms with Gasteiger partial charge in [0.1, 0.15) is 0 Å². The molecular formula is C20H29N3O. The number of hydrogen-bond acceptors (Lipinski definition) is 2. The van der Waals surface area contributed by atoms with Gasteiger partial charge in [0.15, 0.2) is 0 Å². The van der Waals surface area contributed by atoms with Crippen molar-refractivity contribution in [1.29, 1.82) is 0 Å². The summed E-state index contributed by atoms with van der Waals surface area (Å²) in [5.41, 5.74) is 8.50. The Kier molecular flexibility index (Phi) is 5.24. The van der Waals surface area contributed by atoms with E-state index < -0.39 is 6.04 Å². The fourth-order valence-corrected chi connectivity index (χ4v) is 3.87. The van der Waals surface area contributed by atoms with Crippen molar-refractivity contribution in [2.75, 3.05) is 13.1 Å². The van der Waals surface area contributed by atoms with E-state index >= 15 is 0 Å². The summed E-state index contributed by atoms with van der Waals surface area (Å²) in [4.78, 5) is 18.0. The molecule has 3 rings (SSSR count). The Morgan fingerprint density at radius 2 is 2.08 bits per heavy atom. The first-order valence-corrected chi connectivity index (χ1v) is 9.15. The summed E-state index contributed by atoms with van der Waals surface area (Å²) >= 11 is 0. The number of likely N-dealkylation sites (tertiary alicyclic amines) is 1. The van der Waals surface area contributed by atoms with E-state index in [1.54, 1.807) is 0 Å². The lowest BCUT2D eigenvalue weighted by Gasteiger charge is -2.24. The number of H-pyrrole nitrogens is 1. The van der Waals surface area contributed by atoms with Gasteiger partial charge in [-0.2, -0.15) is 0 Å². The van der Waals surface area contributed by atoms with Gasteiger partial charge < -0.3 is 15.6 Å². The van der Waals surface area contributed by atoms with Crippen LogP contribution in [-0.2, 0) is 11.2 Å². The Hall–Kier alpha value is -1.81. The Balaban J connectivity index is 1.64. The van der Waals surface area contributed by atoms with Crippen LogP contribution in [-0.4, -0.2) is 34.9 Å². The van der Waals surface area contributed by atoms with Crippen LogP contribution in [0.15, 0.2) is 30.5 Å². The third kappa shape index (κ3) is 3.64. The number of nitrogens with zero attached hydrogens (tertiary/aromatic N) is 1. The molecule has 1 aromatic carbocycles. The van der Waals surface area contributed by atoms with Crippen LogP contribution >= 0.6 is 0 Å². The zero-order chi connectivity index (χ0) is 17.1. The number of carbonyl (C=O) groups is 1. The first-order chi connectivity index (χ1) is 11.6. The number of carbonyl (C=O) groups excluding carboxylic acids is 1. The molecule has 1 saturated heterocycles. The zero-order valence-corrected chi connectivity index (χ0v) is 14.8. The Morgan fingerprint density at radius 1 is 1.29 bits per heavy atom. The first-order valence-electron chi connectivity index (χ1n) is 9.15. The van der Waals surface area contributed by atoms with Crippen molar-refractivity contribution < 1.29 is 4.79 Å². The van der Waals surface area contributed by atoms with Gasteiger partial charge in [0.25, 0.3) is 0 Å². The normalized spacial score (nSPS) is 20.3. The molecule has 3 N–H and O–H groups in total. The molecule has 1 aliphatic rings. The average Bonchev–Trinajstić information content (AvgIpc) is 2.82. The number of fused-ring (bicyclic) bond motifs is 1. The van der Waals surface area contributed by atoms with Gasteiger partial charge in [0.2, 0.25) is 5.91 Å². The molecular weight excluding hydrogens is 298 g/mol. The number of rotatable bonds is 4. The van der Waals surface area contributed by atoms with Crippen molar-refractivity contribution in [3.8, 4) is 0 Å². The fraction of sp³-hybridized carbons (Fsp3) is 0.550. The highest BCUT2D eigenvalue weighted by Crippen LogP contribution is 2.25. The monoisotopic (exact) mass is 327 g/mol. The molecule has 2 aromatic rings. The molecule has 1 aromatic heterocycles. The maximum absolute atomic E-state index is 12.8. The minimum absolute atomic E-state index is 0.102. The Morgan fingerprint density at radius 3 is 2.88 bits per heavy atom. The topological polar surface area (TPSA) is 62.1 Å². The van der Waals surface area contributed by atoms with Crippen LogP contribution in [0.5, 0.6) is 0 Å². The predicted molar refractivity (Wildman–Crippen MR) is 98.7 cm³/mol. The fourth-order valence-electron chi connectivity index (χ4n) is 3.87. The minimum atomic E-state index is -0.459. The Labute approximate surface area is 144 Å². The van der Waals surface area contributed by atoms with Crippen LogP contribution in [0.4, 0.5) is 0 Å². The number of aromatic amines is 1. The summed E-state index contributed by atoms with van der Waals surface area (Å²) in [6.07, 6.45) is 5.98. The van der Waals surface area contributed by atoms with Gasteiger partial charge in [-0.05, 0) is 49.1 Å². The number of nitrogens with two attached hydrogens (primary N) is 1. The molecule has 1 amide bonds. The summed E-state index contributed by atoms with van der Waals surface area (Å²) in [6, 6.07) is 7.70. The van der Waals surface area contributed by atoms with Gasteiger partial charge in [-0.1, -0.05) is 32.0 Å². The van der Waals surface area contributed by atoms with E-state index in [0.717, 1.165) is 48.3 Å². The third-order valence-corrected chi connectivity index (χ3v) is 5.46. The van der Waals surface area contributed by atoms with E-state index in [-0.39, 0.29) is 5.91 Å². The van der Waals surface area contributed by atoms with Gasteiger partial charge in [0.05, 0.1) is 6.04 Å². The van der Waals surface area contributed by atoms with Crippen LogP contribution in [0.1, 0.15) is 38.7 Å². The number of para-hydroxylation sites is 1. The van der Waals surface area contributed by atoms with Crippen molar-refractivity contribution in [2.24, 2.45) is 17.6 Å². The molecule has 24 heavy (non-hydrogen) atoms. The third-order valence-electron chi connectivity index (χ3n) is 5.46. The van der Waals surface area contributed by atoms with Crippen molar-refractivity contribution in [3.63, 3.8) is 0 Å². The first kappa shape index (κ1) is 17.0. The predicted octanol–water partition coefficient (Wildman–Crippen LogP) is 3.32. The second-order valence-corrected chi connectivity index (χ2v) is 7.43. The average molecular weight is 327 g/mol. The smallest absolute Gasteiger partial charge is 0.239 e. The molecule has 1 unspecified atom stereocenters. The summed E-state index contributed by atoms with van der Waals surface area (Å²) < 4.78 is 0. The summed E-state index contributed by atoms with van der Waals surface area (Å²) in [5, 5.41) is 1.16. The lowest BCUT2D eigenvalue weighted by Crippen LogP contribution is -2.45. The number of amides is 1. The van der Waals surface area contributed by atoms with Gasteiger partial charge in [-0.15, -0.1) is 0 Å². The number of benzene rings is 1. The SMILES string of the molecule is CC(C)C1CCCN(C(=O)[C@@H](N)Cc2c[nH]c3ccccc23)CC1. The van der Waals surface area contributed by atoms with E-state index in [9.17, 15) is 4.79 Å². The largest absolute Gasteiger partial charge is 0.361 e. The lowest BCUT2D eigenvalue weighted by atomic mass is 9.89. The van der Waals surface area contributed by atoms with Crippen molar-refractivity contribution >= 4 is 16.8 Å². The van der Waals surface area contributed by atoms with E-state index in [1.165, 1.54) is 6.42 Å². The van der Waals surface area contributed by atoms with E-state index in [4.69, 9.17) is 5.73 Å². The van der Waals surface area contributed by atoms with Crippen LogP contribution in [0.3, 0.4) is 0 Å². The van der Waals surface area contributed by atoms with Gasteiger partial charge in [0, 0.05) is 30.2 Å². The molecule has 0 aliphatic carbocycles. The molecule has 4 heteroatoms. The molecule has 4 nitrogen and oxygen atoms in total. The molecule has 0 saturated carbocycles. The van der Waals surface area contributed by atoms with E-state index in [2.05, 4.69) is 24.9 Å².